The van der Waals surface area contributed by atoms with E-state index in [1.807, 2.05) is 18.2 Å². The highest BCUT2D eigenvalue weighted by atomic mass is 16.8. The third kappa shape index (κ3) is 1.97. The number of ether oxygens (including phenoxy) is 1. The monoisotopic (exact) mass is 247 g/mol. The summed E-state index contributed by atoms with van der Waals surface area (Å²) >= 11 is 0. The summed E-state index contributed by atoms with van der Waals surface area (Å²) in [5.41, 5.74) is 1.23. The van der Waals surface area contributed by atoms with E-state index < -0.39 is 18.2 Å². The lowest BCUT2D eigenvalue weighted by atomic mass is 9.89. The van der Waals surface area contributed by atoms with Gasteiger partial charge in [0, 0.05) is 13.0 Å². The van der Waals surface area contributed by atoms with E-state index in [0.29, 0.717) is 18.9 Å². The van der Waals surface area contributed by atoms with Gasteiger partial charge in [0.2, 0.25) is 0 Å². The van der Waals surface area contributed by atoms with Crippen LogP contribution in [0.3, 0.4) is 0 Å². The van der Waals surface area contributed by atoms with Crippen LogP contribution in [0.4, 0.5) is 0 Å². The molecule has 2 fully saturated rings. The van der Waals surface area contributed by atoms with Crippen LogP contribution in [-0.2, 0) is 19.2 Å². The fraction of sp³-hybridized carbons (Fsp3) is 0.385. The van der Waals surface area contributed by atoms with Crippen molar-refractivity contribution < 1.29 is 19.2 Å². The fourth-order valence-corrected chi connectivity index (χ4v) is 2.46. The summed E-state index contributed by atoms with van der Waals surface area (Å²) < 4.78 is 5.07. The Kier molecular flexibility index (Phi) is 2.76. The molecule has 94 valence electrons. The van der Waals surface area contributed by atoms with Crippen molar-refractivity contribution in [3.63, 3.8) is 0 Å². The predicted octanol–water partition coefficient (Wildman–Crippen LogP) is 1.21. The number of nitrogens with zero attached hydrogens (tertiary/aromatic N) is 1. The summed E-state index contributed by atoms with van der Waals surface area (Å²) in [7, 11) is 0. The number of fused-ring (bicyclic) bond motifs is 1. The summed E-state index contributed by atoms with van der Waals surface area (Å²) in [4.78, 5) is 27.1. The van der Waals surface area contributed by atoms with E-state index in [1.165, 1.54) is 10.6 Å². The van der Waals surface area contributed by atoms with Gasteiger partial charge in [-0.05, 0) is 17.9 Å². The normalized spacial score (nSPS) is 28.2. The molecular formula is C13H13NO4. The molecule has 5 nitrogen and oxygen atoms in total. The predicted molar refractivity (Wildman–Crippen MR) is 61.1 cm³/mol. The Morgan fingerprint density at radius 1 is 1.11 bits per heavy atom. The summed E-state index contributed by atoms with van der Waals surface area (Å²) in [6.07, 6.45) is 1.09. The zero-order valence-electron chi connectivity index (χ0n) is 9.74. The first-order valence-corrected chi connectivity index (χ1v) is 5.98. The molecule has 5 heteroatoms. The maximum atomic E-state index is 11.2. The topological polar surface area (TPSA) is 55.8 Å². The molecule has 1 aromatic carbocycles. The Morgan fingerprint density at radius 2 is 1.89 bits per heavy atom. The molecule has 0 aromatic heterocycles. The van der Waals surface area contributed by atoms with Gasteiger partial charge in [-0.15, -0.1) is 0 Å². The van der Waals surface area contributed by atoms with E-state index in [1.54, 1.807) is 0 Å². The van der Waals surface area contributed by atoms with Gasteiger partial charge in [-0.1, -0.05) is 35.4 Å². The molecule has 2 saturated heterocycles. The maximum Gasteiger partial charge on any atom is 0.436 e. The molecule has 0 aliphatic carbocycles. The number of hydroxylamine groups is 2. The lowest BCUT2D eigenvalue weighted by Gasteiger charge is -2.39. The van der Waals surface area contributed by atoms with Gasteiger partial charge in [-0.3, -0.25) is 0 Å². The molecule has 2 atom stereocenters. The minimum atomic E-state index is -0.926. The van der Waals surface area contributed by atoms with E-state index in [9.17, 15) is 9.59 Å². The van der Waals surface area contributed by atoms with E-state index in [-0.39, 0.29) is 0 Å². The van der Waals surface area contributed by atoms with Gasteiger partial charge < -0.3 is 9.57 Å². The average Bonchev–Trinajstić information content (AvgIpc) is 2.41. The van der Waals surface area contributed by atoms with Crippen LogP contribution in [0.15, 0.2) is 30.3 Å². The second-order valence-corrected chi connectivity index (χ2v) is 4.51. The van der Waals surface area contributed by atoms with Gasteiger partial charge in [0.15, 0.2) is 6.23 Å². The Balaban J connectivity index is 1.74. The molecule has 18 heavy (non-hydrogen) atoms. The van der Waals surface area contributed by atoms with Gasteiger partial charge in [0.25, 0.3) is 0 Å². The Labute approximate surface area is 104 Å². The molecule has 0 saturated carbocycles. The summed E-state index contributed by atoms with van der Waals surface area (Å²) in [6, 6.07) is 10.1. The SMILES string of the molecule is O=C1OC2CC(c3ccccc3)CCN2OC1=O. The lowest BCUT2D eigenvalue weighted by Crippen LogP contribution is -2.51. The van der Waals surface area contributed by atoms with Crippen LogP contribution in [0.25, 0.3) is 0 Å². The highest BCUT2D eigenvalue weighted by molar-refractivity contribution is 6.29. The van der Waals surface area contributed by atoms with Crippen LogP contribution in [-0.4, -0.2) is 29.8 Å². The van der Waals surface area contributed by atoms with Crippen LogP contribution in [0.2, 0.25) is 0 Å². The lowest BCUT2D eigenvalue weighted by molar-refractivity contribution is -0.275. The first kappa shape index (κ1) is 11.2. The number of hydrogen-bond donors (Lipinski definition) is 0. The standard InChI is InChI=1S/C13H13NO4/c15-12-13(16)18-14-7-6-10(8-11(14)17-12)9-4-2-1-3-5-9/h1-5,10-11H,6-8H2. The second-order valence-electron chi connectivity index (χ2n) is 4.51. The van der Waals surface area contributed by atoms with E-state index in [0.717, 1.165) is 6.42 Å². The van der Waals surface area contributed by atoms with Gasteiger partial charge in [0.1, 0.15) is 0 Å². The van der Waals surface area contributed by atoms with Crippen molar-refractivity contribution in [1.29, 1.82) is 0 Å². The van der Waals surface area contributed by atoms with Gasteiger partial charge in [-0.2, -0.15) is 0 Å². The van der Waals surface area contributed by atoms with Crippen LogP contribution in [0.5, 0.6) is 0 Å². The summed E-state index contributed by atoms with van der Waals surface area (Å²) in [5.74, 6) is -1.49. The van der Waals surface area contributed by atoms with E-state index in [4.69, 9.17) is 9.57 Å². The van der Waals surface area contributed by atoms with Crippen molar-refractivity contribution in [2.75, 3.05) is 6.54 Å². The quantitative estimate of drug-likeness (QED) is 0.551. The molecule has 2 aliphatic rings. The van der Waals surface area contributed by atoms with Crippen molar-refractivity contribution in [2.45, 2.75) is 25.0 Å². The minimum Gasteiger partial charge on any atom is -0.435 e. The van der Waals surface area contributed by atoms with Crippen molar-refractivity contribution in [3.05, 3.63) is 35.9 Å². The van der Waals surface area contributed by atoms with Gasteiger partial charge in [0.05, 0.1) is 0 Å². The van der Waals surface area contributed by atoms with Gasteiger partial charge in [-0.25, -0.2) is 9.59 Å². The van der Waals surface area contributed by atoms with Crippen LogP contribution in [0, 0.1) is 0 Å². The summed E-state index contributed by atoms with van der Waals surface area (Å²) in [6.45, 7) is 0.587. The molecule has 0 N–H and O–H groups in total. The van der Waals surface area contributed by atoms with Crippen molar-refractivity contribution >= 4 is 11.9 Å². The Bertz CT molecular complexity index is 473. The Hall–Kier alpha value is -1.88. The van der Waals surface area contributed by atoms with Gasteiger partial charge >= 0.3 is 11.9 Å². The van der Waals surface area contributed by atoms with Crippen molar-refractivity contribution in [2.24, 2.45) is 0 Å². The van der Waals surface area contributed by atoms with Crippen LogP contribution in [0.1, 0.15) is 24.3 Å². The average molecular weight is 247 g/mol. The zero-order chi connectivity index (χ0) is 12.5. The third-order valence-corrected chi connectivity index (χ3v) is 3.39. The molecular weight excluding hydrogens is 234 g/mol. The number of benzene rings is 1. The molecule has 2 unspecified atom stereocenters. The van der Waals surface area contributed by atoms with E-state index >= 15 is 0 Å². The number of carbonyl (C=O) groups is 2. The highest BCUT2D eigenvalue weighted by Crippen LogP contribution is 2.33. The van der Waals surface area contributed by atoms with Crippen LogP contribution < -0.4 is 0 Å². The van der Waals surface area contributed by atoms with Crippen LogP contribution >= 0.6 is 0 Å². The number of piperidine rings is 1. The Morgan fingerprint density at radius 3 is 2.67 bits per heavy atom. The second kappa shape index (κ2) is 4.42. The first-order valence-electron chi connectivity index (χ1n) is 5.98. The minimum absolute atomic E-state index is 0.331. The zero-order valence-corrected chi connectivity index (χ0v) is 9.74. The number of esters is 1. The maximum absolute atomic E-state index is 11.2. The molecule has 1 aromatic rings. The molecule has 0 amide bonds. The number of hydrogen-bond acceptors (Lipinski definition) is 5. The third-order valence-electron chi connectivity index (χ3n) is 3.39. The molecule has 0 spiro atoms. The first-order chi connectivity index (χ1) is 8.74. The smallest absolute Gasteiger partial charge is 0.435 e. The van der Waals surface area contributed by atoms with Crippen molar-refractivity contribution in [3.8, 4) is 0 Å². The number of rotatable bonds is 1. The largest absolute Gasteiger partial charge is 0.436 e. The molecule has 3 rings (SSSR count). The molecule has 0 radical (unpaired) electrons. The fourth-order valence-electron chi connectivity index (χ4n) is 2.46. The van der Waals surface area contributed by atoms with Crippen molar-refractivity contribution in [1.82, 2.24) is 5.06 Å². The molecule has 2 heterocycles. The molecule has 2 aliphatic heterocycles. The number of carbonyl (C=O) groups excluding carboxylic acids is 2. The highest BCUT2D eigenvalue weighted by Gasteiger charge is 2.41. The summed E-state index contributed by atoms with van der Waals surface area (Å²) in [5, 5.41) is 1.46. The molecule has 0 bridgehead atoms. The van der Waals surface area contributed by atoms with E-state index in [2.05, 4.69) is 12.1 Å².